The minimum atomic E-state index is -4.45. The van der Waals surface area contributed by atoms with Crippen LogP contribution < -0.4 is 10.1 Å². The van der Waals surface area contributed by atoms with E-state index in [9.17, 15) is 18.0 Å². The maximum atomic E-state index is 12.6. The van der Waals surface area contributed by atoms with Crippen molar-refractivity contribution in [3.63, 3.8) is 0 Å². The highest BCUT2D eigenvalue weighted by atomic mass is 19.4. The molecule has 4 aromatic rings. The van der Waals surface area contributed by atoms with Gasteiger partial charge in [-0.25, -0.2) is 9.97 Å². The van der Waals surface area contributed by atoms with Gasteiger partial charge >= 0.3 is 6.18 Å². The summed E-state index contributed by atoms with van der Waals surface area (Å²) in [5.41, 5.74) is 1.51. The van der Waals surface area contributed by atoms with E-state index in [-0.39, 0.29) is 11.8 Å². The number of nitrogens with one attached hydrogen (secondary N) is 1. The number of carbonyl (C=O) groups excluding carboxylic acids is 1. The second-order valence-electron chi connectivity index (χ2n) is 7.06. The topological polar surface area (TPSA) is 69.0 Å². The van der Waals surface area contributed by atoms with E-state index in [1.165, 1.54) is 0 Å². The van der Waals surface area contributed by atoms with Crippen LogP contribution in [0.1, 0.15) is 21.7 Å². The third-order valence-electron chi connectivity index (χ3n) is 4.87. The molecule has 0 saturated carbocycles. The zero-order chi connectivity index (χ0) is 22.7. The molecule has 1 amide bonds. The first kappa shape index (κ1) is 21.4. The van der Waals surface area contributed by atoms with E-state index in [1.54, 1.807) is 24.3 Å². The first-order valence-electron chi connectivity index (χ1n) is 9.82. The predicted molar refractivity (Wildman–Crippen MR) is 113 cm³/mol. The van der Waals surface area contributed by atoms with Crippen LogP contribution in [0.25, 0.3) is 11.0 Å². The van der Waals surface area contributed by atoms with Gasteiger partial charge in [-0.05, 0) is 49.4 Å². The Bertz CT molecular complexity index is 1230. The molecule has 0 unspecified atom stereocenters. The molecule has 32 heavy (non-hydrogen) atoms. The highest BCUT2D eigenvalue weighted by Crippen LogP contribution is 2.30. The van der Waals surface area contributed by atoms with Gasteiger partial charge in [0.25, 0.3) is 5.91 Å². The molecular weight excluding hydrogens is 421 g/mol. The van der Waals surface area contributed by atoms with E-state index in [2.05, 4.69) is 15.3 Å². The lowest BCUT2D eigenvalue weighted by Crippen LogP contribution is -2.27. The largest absolute Gasteiger partial charge is 0.439 e. The number of alkyl halides is 3. The van der Waals surface area contributed by atoms with Gasteiger partial charge in [-0.1, -0.05) is 12.1 Å². The summed E-state index contributed by atoms with van der Waals surface area (Å²) in [5, 5.41) is 2.87. The number of imidazole rings is 1. The lowest BCUT2D eigenvalue weighted by Gasteiger charge is -2.10. The van der Waals surface area contributed by atoms with Crippen molar-refractivity contribution in [2.75, 3.05) is 6.54 Å². The lowest BCUT2D eigenvalue weighted by atomic mass is 10.2. The van der Waals surface area contributed by atoms with Gasteiger partial charge in [0.05, 0.1) is 16.6 Å². The van der Waals surface area contributed by atoms with Crippen LogP contribution in [-0.2, 0) is 12.7 Å². The van der Waals surface area contributed by atoms with Crippen molar-refractivity contribution in [2.24, 2.45) is 0 Å². The predicted octanol–water partition coefficient (Wildman–Crippen LogP) is 4.98. The number of para-hydroxylation sites is 2. The zero-order valence-corrected chi connectivity index (χ0v) is 17.1. The van der Waals surface area contributed by atoms with Crippen molar-refractivity contribution in [3.8, 4) is 11.6 Å². The number of hydrogen-bond donors (Lipinski definition) is 1. The van der Waals surface area contributed by atoms with Crippen molar-refractivity contribution in [1.82, 2.24) is 19.9 Å². The van der Waals surface area contributed by atoms with E-state index < -0.39 is 11.7 Å². The summed E-state index contributed by atoms with van der Waals surface area (Å²) in [5.74, 6) is 1.01. The number of halogens is 3. The molecule has 0 spiro atoms. The Balaban J connectivity index is 1.33. The van der Waals surface area contributed by atoms with E-state index in [1.807, 2.05) is 35.8 Å². The summed E-state index contributed by atoms with van der Waals surface area (Å²) >= 11 is 0. The molecule has 1 N–H and O–H groups in total. The summed E-state index contributed by atoms with van der Waals surface area (Å²) in [6, 6.07) is 16.1. The van der Waals surface area contributed by atoms with Crippen molar-refractivity contribution < 1.29 is 22.7 Å². The van der Waals surface area contributed by atoms with Crippen LogP contribution in [-0.4, -0.2) is 27.0 Å². The van der Waals surface area contributed by atoms with Gasteiger partial charge in [0.2, 0.25) is 5.88 Å². The minimum Gasteiger partial charge on any atom is -0.439 e. The number of benzene rings is 2. The Morgan fingerprint density at radius 1 is 1.06 bits per heavy atom. The molecule has 0 saturated heterocycles. The fourth-order valence-electron chi connectivity index (χ4n) is 3.26. The summed E-state index contributed by atoms with van der Waals surface area (Å²) in [6.07, 6.45) is -3.74. The third-order valence-corrected chi connectivity index (χ3v) is 4.87. The molecule has 0 aliphatic carbocycles. The second kappa shape index (κ2) is 8.70. The standard InChI is InChI=1S/C23H19F3N4O2/c1-15-29-19-4-2-3-5-20(19)30(15)13-12-27-22(31)16-6-9-18(10-7-16)32-21-11-8-17(14-28-21)23(24,25)26/h2-11,14H,12-13H2,1H3,(H,27,31). The molecule has 0 aliphatic heterocycles. The van der Waals surface area contributed by atoms with Gasteiger partial charge in [0, 0.05) is 30.9 Å². The van der Waals surface area contributed by atoms with E-state index >= 15 is 0 Å². The number of amides is 1. The average molecular weight is 440 g/mol. The van der Waals surface area contributed by atoms with Gasteiger partial charge in [0.1, 0.15) is 11.6 Å². The molecule has 9 heteroatoms. The maximum Gasteiger partial charge on any atom is 0.417 e. The van der Waals surface area contributed by atoms with E-state index in [0.29, 0.717) is 30.6 Å². The average Bonchev–Trinajstić information content (AvgIpc) is 3.09. The normalized spacial score (nSPS) is 11.5. The Hall–Kier alpha value is -3.88. The van der Waals surface area contributed by atoms with Crippen LogP contribution in [0.15, 0.2) is 66.9 Å². The Labute approximate surface area is 181 Å². The van der Waals surface area contributed by atoms with Crippen molar-refractivity contribution in [2.45, 2.75) is 19.6 Å². The maximum absolute atomic E-state index is 12.6. The van der Waals surface area contributed by atoms with Crippen molar-refractivity contribution in [1.29, 1.82) is 0 Å². The van der Waals surface area contributed by atoms with Gasteiger partial charge in [-0.3, -0.25) is 4.79 Å². The van der Waals surface area contributed by atoms with Gasteiger partial charge in [-0.15, -0.1) is 0 Å². The number of ether oxygens (including phenoxy) is 1. The molecule has 0 aliphatic rings. The minimum absolute atomic E-state index is 0.0260. The molecular formula is C23H19F3N4O2. The molecule has 0 fully saturated rings. The Morgan fingerprint density at radius 2 is 1.81 bits per heavy atom. The van der Waals surface area contributed by atoms with Crippen molar-refractivity contribution in [3.05, 3.63) is 83.8 Å². The highest BCUT2D eigenvalue weighted by Gasteiger charge is 2.30. The molecule has 2 aromatic heterocycles. The lowest BCUT2D eigenvalue weighted by molar-refractivity contribution is -0.137. The van der Waals surface area contributed by atoms with Crippen LogP contribution in [0.5, 0.6) is 11.6 Å². The van der Waals surface area contributed by atoms with Crippen LogP contribution in [0, 0.1) is 6.92 Å². The number of pyridine rings is 1. The first-order valence-corrected chi connectivity index (χ1v) is 9.82. The fourth-order valence-corrected chi connectivity index (χ4v) is 3.26. The van der Waals surface area contributed by atoms with Gasteiger partial charge < -0.3 is 14.6 Å². The van der Waals surface area contributed by atoms with E-state index in [0.717, 1.165) is 29.0 Å². The monoisotopic (exact) mass is 440 g/mol. The molecule has 0 radical (unpaired) electrons. The number of fused-ring (bicyclic) bond motifs is 1. The highest BCUT2D eigenvalue weighted by molar-refractivity contribution is 5.94. The number of aryl methyl sites for hydroxylation is 1. The van der Waals surface area contributed by atoms with Crippen LogP contribution in [0.3, 0.4) is 0 Å². The van der Waals surface area contributed by atoms with Gasteiger partial charge in [0.15, 0.2) is 0 Å². The summed E-state index contributed by atoms with van der Waals surface area (Å²) in [4.78, 5) is 20.6. The molecule has 2 heterocycles. The molecule has 0 atom stereocenters. The van der Waals surface area contributed by atoms with Crippen LogP contribution in [0.4, 0.5) is 13.2 Å². The smallest absolute Gasteiger partial charge is 0.417 e. The van der Waals surface area contributed by atoms with E-state index in [4.69, 9.17) is 4.74 Å². The van der Waals surface area contributed by atoms with Crippen LogP contribution >= 0.6 is 0 Å². The van der Waals surface area contributed by atoms with Crippen molar-refractivity contribution >= 4 is 16.9 Å². The molecule has 164 valence electrons. The molecule has 4 rings (SSSR count). The number of hydrogen-bond acceptors (Lipinski definition) is 4. The number of aromatic nitrogens is 3. The first-order chi connectivity index (χ1) is 15.3. The van der Waals surface area contributed by atoms with Crippen LogP contribution in [0.2, 0.25) is 0 Å². The number of nitrogens with zero attached hydrogens (tertiary/aromatic N) is 3. The summed E-state index contributed by atoms with van der Waals surface area (Å²) in [7, 11) is 0. The number of carbonyl (C=O) groups is 1. The molecule has 2 aromatic carbocycles. The second-order valence-corrected chi connectivity index (χ2v) is 7.06. The summed E-state index contributed by atoms with van der Waals surface area (Å²) in [6.45, 7) is 2.93. The van der Waals surface area contributed by atoms with Gasteiger partial charge in [-0.2, -0.15) is 13.2 Å². The Morgan fingerprint density at radius 3 is 2.50 bits per heavy atom. The zero-order valence-electron chi connectivity index (χ0n) is 17.1. The summed E-state index contributed by atoms with van der Waals surface area (Å²) < 4.78 is 45.3. The fraction of sp³-hybridized carbons (Fsp3) is 0.174. The SMILES string of the molecule is Cc1nc2ccccc2n1CCNC(=O)c1ccc(Oc2ccc(C(F)(F)F)cn2)cc1. The Kier molecular flexibility index (Phi) is 5.81. The molecule has 0 bridgehead atoms. The quantitative estimate of drug-likeness (QED) is 0.459. The third kappa shape index (κ3) is 4.72. The number of rotatable bonds is 6. The molecule has 6 nitrogen and oxygen atoms in total.